The highest BCUT2D eigenvalue weighted by Crippen LogP contribution is 2.22. The van der Waals surface area contributed by atoms with Gasteiger partial charge < -0.3 is 15.5 Å². The molecule has 0 aromatic carbocycles. The van der Waals surface area contributed by atoms with Crippen molar-refractivity contribution in [1.29, 1.82) is 0 Å². The first-order valence-electron chi connectivity index (χ1n) is 3.97. The van der Waals surface area contributed by atoms with Gasteiger partial charge in [0.15, 0.2) is 0 Å². The maximum absolute atomic E-state index is 9.10. The molecule has 2 atom stereocenters. The number of carboxylic acids is 2. The van der Waals surface area contributed by atoms with E-state index in [9.17, 15) is 0 Å². The Morgan fingerprint density at radius 2 is 1.85 bits per heavy atom. The van der Waals surface area contributed by atoms with Gasteiger partial charge in [-0.15, -0.1) is 0 Å². The van der Waals surface area contributed by atoms with Crippen LogP contribution in [-0.4, -0.2) is 34.7 Å². The van der Waals surface area contributed by atoms with E-state index in [4.69, 9.17) is 19.8 Å². The molecule has 0 aromatic heterocycles. The first-order valence-corrected chi connectivity index (χ1v) is 3.97. The van der Waals surface area contributed by atoms with Crippen LogP contribution >= 0.6 is 0 Å². The van der Waals surface area contributed by atoms with E-state index < -0.39 is 11.9 Å². The van der Waals surface area contributed by atoms with Crippen LogP contribution in [0, 0.1) is 5.92 Å². The number of carboxylic acid groups (broad SMARTS) is 2. The number of carbonyl (C=O) groups is 2. The SMILES string of the molecule is C1=CC2CC1CN2.O=C(O)C(=O)O. The number of nitrogens with one attached hydrogen (secondary N) is 1. The molecule has 1 aliphatic carbocycles. The number of hydrogen-bond donors (Lipinski definition) is 3. The van der Waals surface area contributed by atoms with E-state index in [1.165, 1.54) is 13.0 Å². The Labute approximate surface area is 75.1 Å². The van der Waals surface area contributed by atoms with Crippen LogP contribution in [0.15, 0.2) is 12.2 Å². The number of hydrogen-bond acceptors (Lipinski definition) is 3. The predicted molar refractivity (Wildman–Crippen MR) is 44.3 cm³/mol. The Balaban J connectivity index is 0.000000133. The maximum Gasteiger partial charge on any atom is 0.414 e. The molecule has 3 N–H and O–H groups in total. The van der Waals surface area contributed by atoms with Gasteiger partial charge in [0.05, 0.1) is 0 Å². The van der Waals surface area contributed by atoms with E-state index in [0.29, 0.717) is 0 Å². The molecular weight excluding hydrogens is 174 g/mol. The van der Waals surface area contributed by atoms with Gasteiger partial charge in [0.1, 0.15) is 0 Å². The van der Waals surface area contributed by atoms with Gasteiger partial charge in [-0.25, -0.2) is 9.59 Å². The third kappa shape index (κ3) is 2.87. The van der Waals surface area contributed by atoms with Gasteiger partial charge in [0.25, 0.3) is 0 Å². The average molecular weight is 185 g/mol. The second kappa shape index (κ2) is 4.04. The molecule has 1 fully saturated rings. The molecule has 0 saturated carbocycles. The van der Waals surface area contributed by atoms with Gasteiger partial charge in [-0.1, -0.05) is 12.2 Å². The number of fused-ring (bicyclic) bond motifs is 2. The normalized spacial score (nSPS) is 28.0. The molecule has 0 spiro atoms. The lowest BCUT2D eigenvalue weighted by atomic mass is 10.2. The zero-order chi connectivity index (χ0) is 9.84. The van der Waals surface area contributed by atoms with Gasteiger partial charge in [0, 0.05) is 12.6 Å². The summed E-state index contributed by atoms with van der Waals surface area (Å²) in [7, 11) is 0. The highest BCUT2D eigenvalue weighted by Gasteiger charge is 2.24. The minimum Gasteiger partial charge on any atom is -0.473 e. The topological polar surface area (TPSA) is 86.6 Å². The minimum absolute atomic E-state index is 0.741. The summed E-state index contributed by atoms with van der Waals surface area (Å²) >= 11 is 0. The molecule has 0 amide bonds. The summed E-state index contributed by atoms with van der Waals surface area (Å²) in [5.74, 6) is -2.77. The molecular formula is C8H11NO4. The number of aliphatic carboxylic acids is 2. The molecule has 2 unspecified atom stereocenters. The smallest absolute Gasteiger partial charge is 0.414 e. The standard InChI is InChI=1S/C6H9N.C2H2O4/c1-2-6-3-5(1)4-7-6;3-1(4)2(5)6/h1-2,5-7H,3-4H2;(H,3,4)(H,5,6). The highest BCUT2D eigenvalue weighted by molar-refractivity contribution is 6.27. The fraction of sp³-hybridized carbons (Fsp3) is 0.500. The van der Waals surface area contributed by atoms with Crippen molar-refractivity contribution >= 4 is 11.9 Å². The zero-order valence-electron chi connectivity index (χ0n) is 6.93. The monoisotopic (exact) mass is 185 g/mol. The van der Waals surface area contributed by atoms with Crippen LogP contribution in [0.25, 0.3) is 0 Å². The Morgan fingerprint density at radius 1 is 1.23 bits per heavy atom. The van der Waals surface area contributed by atoms with E-state index in [1.807, 2.05) is 0 Å². The summed E-state index contributed by atoms with van der Waals surface area (Å²) in [4.78, 5) is 18.2. The molecule has 5 heteroatoms. The van der Waals surface area contributed by atoms with Gasteiger partial charge in [-0.3, -0.25) is 0 Å². The molecule has 0 radical (unpaired) electrons. The van der Waals surface area contributed by atoms with Crippen LogP contribution in [0.1, 0.15) is 6.42 Å². The molecule has 5 nitrogen and oxygen atoms in total. The average Bonchev–Trinajstić information content (AvgIpc) is 2.67. The second-order valence-electron chi connectivity index (χ2n) is 3.01. The lowest BCUT2D eigenvalue weighted by molar-refractivity contribution is -0.159. The third-order valence-electron chi connectivity index (χ3n) is 2.00. The summed E-state index contributed by atoms with van der Waals surface area (Å²) in [5, 5.41) is 18.2. The first kappa shape index (κ1) is 9.73. The van der Waals surface area contributed by atoms with Crippen LogP contribution in [0.4, 0.5) is 0 Å². The van der Waals surface area contributed by atoms with Crippen molar-refractivity contribution in [3.8, 4) is 0 Å². The first-order chi connectivity index (χ1) is 6.09. The molecule has 2 bridgehead atoms. The van der Waals surface area contributed by atoms with Crippen molar-refractivity contribution < 1.29 is 19.8 Å². The van der Waals surface area contributed by atoms with E-state index in [2.05, 4.69) is 17.5 Å². The van der Waals surface area contributed by atoms with E-state index in [0.717, 1.165) is 12.0 Å². The molecule has 1 aliphatic heterocycles. The number of rotatable bonds is 0. The maximum atomic E-state index is 9.10. The van der Waals surface area contributed by atoms with Crippen molar-refractivity contribution in [3.63, 3.8) is 0 Å². The fourth-order valence-electron chi connectivity index (χ4n) is 1.38. The Morgan fingerprint density at radius 3 is 1.92 bits per heavy atom. The molecule has 1 heterocycles. The summed E-state index contributed by atoms with van der Waals surface area (Å²) in [5.41, 5.74) is 0. The van der Waals surface area contributed by atoms with Gasteiger partial charge in [-0.2, -0.15) is 0 Å². The van der Waals surface area contributed by atoms with Crippen molar-refractivity contribution in [3.05, 3.63) is 12.2 Å². The molecule has 2 rings (SSSR count). The molecule has 1 saturated heterocycles. The van der Waals surface area contributed by atoms with E-state index in [1.54, 1.807) is 0 Å². The predicted octanol–water partition coefficient (Wildman–Crippen LogP) is -0.310. The van der Waals surface area contributed by atoms with Crippen LogP contribution in [0.5, 0.6) is 0 Å². The van der Waals surface area contributed by atoms with Crippen molar-refractivity contribution in [1.82, 2.24) is 5.32 Å². The van der Waals surface area contributed by atoms with Crippen molar-refractivity contribution in [2.24, 2.45) is 5.92 Å². The van der Waals surface area contributed by atoms with Crippen LogP contribution in [-0.2, 0) is 9.59 Å². The summed E-state index contributed by atoms with van der Waals surface area (Å²) < 4.78 is 0. The Hall–Kier alpha value is -1.36. The molecule has 2 aliphatic rings. The van der Waals surface area contributed by atoms with Gasteiger partial charge >= 0.3 is 11.9 Å². The lowest BCUT2D eigenvalue weighted by Crippen LogP contribution is -2.20. The lowest BCUT2D eigenvalue weighted by Gasteiger charge is -2.00. The van der Waals surface area contributed by atoms with Gasteiger partial charge in [-0.05, 0) is 12.3 Å². The second-order valence-corrected chi connectivity index (χ2v) is 3.01. The van der Waals surface area contributed by atoms with E-state index in [-0.39, 0.29) is 0 Å². The highest BCUT2D eigenvalue weighted by atomic mass is 16.4. The molecule has 13 heavy (non-hydrogen) atoms. The Bertz CT molecular complexity index is 225. The Kier molecular flexibility index (Phi) is 3.02. The van der Waals surface area contributed by atoms with Crippen molar-refractivity contribution in [2.45, 2.75) is 12.5 Å². The quantitative estimate of drug-likeness (QED) is 0.356. The third-order valence-corrected chi connectivity index (χ3v) is 2.00. The minimum atomic E-state index is -1.82. The summed E-state index contributed by atoms with van der Waals surface area (Å²) in [6.45, 7) is 1.22. The summed E-state index contributed by atoms with van der Waals surface area (Å²) in [6, 6.07) is 0.741. The van der Waals surface area contributed by atoms with Crippen LogP contribution in [0.3, 0.4) is 0 Å². The fourth-order valence-corrected chi connectivity index (χ4v) is 1.38. The zero-order valence-corrected chi connectivity index (χ0v) is 6.93. The van der Waals surface area contributed by atoms with Crippen LogP contribution < -0.4 is 5.32 Å². The van der Waals surface area contributed by atoms with Crippen LogP contribution in [0.2, 0.25) is 0 Å². The van der Waals surface area contributed by atoms with E-state index >= 15 is 0 Å². The largest absolute Gasteiger partial charge is 0.473 e. The van der Waals surface area contributed by atoms with Gasteiger partial charge in [0.2, 0.25) is 0 Å². The molecule has 0 aromatic rings. The van der Waals surface area contributed by atoms with Crippen molar-refractivity contribution in [2.75, 3.05) is 6.54 Å². The summed E-state index contributed by atoms with van der Waals surface area (Å²) in [6.07, 6.45) is 5.95. The molecule has 72 valence electrons.